The predicted octanol–water partition coefficient (Wildman–Crippen LogP) is 5.49. The van der Waals surface area contributed by atoms with E-state index in [2.05, 4.69) is 83.9 Å². The summed E-state index contributed by atoms with van der Waals surface area (Å²) in [7, 11) is -9.31. The van der Waals surface area contributed by atoms with Crippen molar-refractivity contribution < 1.29 is 30.9 Å². The Morgan fingerprint density at radius 1 is 0.887 bits per heavy atom. The van der Waals surface area contributed by atoms with Crippen molar-refractivity contribution in [3.63, 3.8) is 0 Å². The molecule has 1 aliphatic heterocycles. The molecule has 3 aromatic rings. The number of benzene rings is 2. The van der Waals surface area contributed by atoms with Gasteiger partial charge >= 0.3 is 5.69 Å². The number of nitrogens with zero attached hydrogens (tertiary/aromatic N) is 1. The third kappa shape index (κ3) is 10.1. The van der Waals surface area contributed by atoms with Gasteiger partial charge in [0.1, 0.15) is 18.3 Å². The number of ether oxygens (including phenoxy) is 2. The molecule has 4 rings (SSSR count). The van der Waals surface area contributed by atoms with Gasteiger partial charge < -0.3 is 18.3 Å². The molecule has 294 valence electrons. The van der Waals surface area contributed by atoms with E-state index < -0.39 is 62.5 Å². The number of rotatable bonds is 16. The summed E-state index contributed by atoms with van der Waals surface area (Å²) in [5.41, 5.74) is -0.813. The average molecular weight is 789 g/mol. The third-order valence-electron chi connectivity index (χ3n) is 10.3. The van der Waals surface area contributed by atoms with E-state index in [1.54, 1.807) is 6.92 Å². The molecule has 0 radical (unpaired) electrons. The van der Waals surface area contributed by atoms with Crippen molar-refractivity contribution in [1.29, 1.82) is 0 Å². The summed E-state index contributed by atoms with van der Waals surface area (Å²) in [6.07, 6.45) is -1.63. The van der Waals surface area contributed by atoms with Gasteiger partial charge in [-0.3, -0.25) is 18.5 Å². The van der Waals surface area contributed by atoms with Crippen LogP contribution < -0.4 is 21.6 Å². The normalized spacial score (nSPS) is 20.3. The minimum Gasteiger partial charge on any atom is -0.408 e. The molecular formula is C39H60N2O9SSi2. The Morgan fingerprint density at radius 3 is 1.96 bits per heavy atom. The number of aromatic amines is 1. The molecule has 1 aromatic heterocycles. The maximum Gasteiger partial charge on any atom is 0.330 e. The Morgan fingerprint density at radius 2 is 1.45 bits per heavy atom. The zero-order chi connectivity index (χ0) is 39.4. The SMILES string of the molecule is Cc1cn([C@@H]2O[C@H](CO[Si](c3ccccc3)(c3ccccc3)C(C)(C)C)[C@@H](O[Si](C)(C)C(C)(C)C)[C@H]2OCCCS(=O)(=O)OCC(C)C)c(=O)[nH]c1=O. The number of hydrogen-bond donors (Lipinski definition) is 1. The van der Waals surface area contributed by atoms with E-state index in [4.69, 9.17) is 22.5 Å². The first-order valence-corrected chi connectivity index (χ1v) is 24.9. The summed E-state index contributed by atoms with van der Waals surface area (Å²) >= 11 is 0. The summed E-state index contributed by atoms with van der Waals surface area (Å²) < 4.78 is 59.6. The van der Waals surface area contributed by atoms with Crippen LogP contribution in [-0.4, -0.2) is 78.5 Å². The minimum atomic E-state index is -3.77. The van der Waals surface area contributed by atoms with Crippen molar-refractivity contribution in [2.45, 2.75) is 116 Å². The van der Waals surface area contributed by atoms with Gasteiger partial charge in [-0.25, -0.2) is 4.79 Å². The molecule has 0 unspecified atom stereocenters. The molecule has 53 heavy (non-hydrogen) atoms. The molecule has 11 nitrogen and oxygen atoms in total. The second-order valence-electron chi connectivity index (χ2n) is 17.0. The topological polar surface area (TPSA) is 135 Å². The van der Waals surface area contributed by atoms with Crippen LogP contribution in [0.25, 0.3) is 0 Å². The largest absolute Gasteiger partial charge is 0.408 e. The lowest BCUT2D eigenvalue weighted by Crippen LogP contribution is -2.67. The monoisotopic (exact) mass is 788 g/mol. The molecule has 2 heterocycles. The molecule has 4 atom stereocenters. The van der Waals surface area contributed by atoms with Gasteiger partial charge in [0, 0.05) is 18.4 Å². The number of nitrogens with one attached hydrogen (secondary N) is 1. The van der Waals surface area contributed by atoms with E-state index >= 15 is 0 Å². The fraction of sp³-hybridized carbons (Fsp3) is 0.590. The smallest absolute Gasteiger partial charge is 0.330 e. The van der Waals surface area contributed by atoms with Crippen molar-refractivity contribution in [2.24, 2.45) is 5.92 Å². The zero-order valence-corrected chi connectivity index (χ0v) is 36.1. The van der Waals surface area contributed by atoms with Crippen LogP contribution in [0, 0.1) is 12.8 Å². The summed E-state index contributed by atoms with van der Waals surface area (Å²) in [6.45, 7) is 23.0. The van der Waals surface area contributed by atoms with Crippen LogP contribution in [0.3, 0.4) is 0 Å². The van der Waals surface area contributed by atoms with E-state index in [0.29, 0.717) is 5.56 Å². The molecule has 0 aliphatic carbocycles. The lowest BCUT2D eigenvalue weighted by atomic mass is 10.1. The van der Waals surface area contributed by atoms with Gasteiger partial charge in [0.15, 0.2) is 14.5 Å². The average Bonchev–Trinajstić information content (AvgIpc) is 3.39. The molecule has 0 saturated carbocycles. The zero-order valence-electron chi connectivity index (χ0n) is 33.3. The van der Waals surface area contributed by atoms with Crippen molar-refractivity contribution in [2.75, 3.05) is 25.6 Å². The molecule has 0 amide bonds. The number of aryl methyl sites for hydroxylation is 1. The molecule has 0 spiro atoms. The minimum absolute atomic E-state index is 0.0333. The predicted molar refractivity (Wildman–Crippen MR) is 215 cm³/mol. The Kier molecular flexibility index (Phi) is 13.8. The Labute approximate surface area is 317 Å². The number of hydrogen-bond acceptors (Lipinski definition) is 9. The molecule has 14 heteroatoms. The summed E-state index contributed by atoms with van der Waals surface area (Å²) in [5, 5.41) is 1.72. The van der Waals surface area contributed by atoms with Crippen molar-refractivity contribution >= 4 is 37.1 Å². The van der Waals surface area contributed by atoms with E-state index in [-0.39, 0.29) is 48.0 Å². The fourth-order valence-electron chi connectivity index (χ4n) is 6.40. The number of H-pyrrole nitrogens is 1. The quantitative estimate of drug-likeness (QED) is 0.114. The highest BCUT2D eigenvalue weighted by molar-refractivity contribution is 7.86. The first kappa shape index (κ1) is 43.0. The van der Waals surface area contributed by atoms with Crippen LogP contribution in [0.15, 0.2) is 76.4 Å². The maximum atomic E-state index is 13.4. The van der Waals surface area contributed by atoms with Crippen LogP contribution in [0.1, 0.15) is 73.6 Å². The first-order chi connectivity index (χ1) is 24.6. The highest BCUT2D eigenvalue weighted by Gasteiger charge is 2.55. The van der Waals surface area contributed by atoms with Gasteiger partial charge in [0.05, 0.1) is 19.0 Å². The summed E-state index contributed by atoms with van der Waals surface area (Å²) in [5.74, 6) is -0.170. The maximum absolute atomic E-state index is 13.4. The van der Waals surface area contributed by atoms with Crippen LogP contribution in [0.2, 0.25) is 23.2 Å². The molecular weight excluding hydrogens is 729 g/mol. The van der Waals surface area contributed by atoms with E-state index in [1.165, 1.54) is 10.8 Å². The third-order valence-corrected chi connectivity index (χ3v) is 21.0. The van der Waals surface area contributed by atoms with Gasteiger partial charge in [-0.15, -0.1) is 0 Å². The van der Waals surface area contributed by atoms with Crippen LogP contribution >= 0.6 is 0 Å². The number of aromatic nitrogens is 2. The van der Waals surface area contributed by atoms with E-state index in [0.717, 1.165) is 10.4 Å². The van der Waals surface area contributed by atoms with Gasteiger partial charge in [-0.1, -0.05) is 116 Å². The fourth-order valence-corrected chi connectivity index (χ4v) is 13.4. The van der Waals surface area contributed by atoms with Gasteiger partial charge in [0.2, 0.25) is 0 Å². The van der Waals surface area contributed by atoms with Gasteiger partial charge in [0.25, 0.3) is 24.0 Å². The molecule has 1 aliphatic rings. The lowest BCUT2D eigenvalue weighted by Gasteiger charge is -2.44. The Balaban J connectivity index is 1.80. The molecule has 1 saturated heterocycles. The van der Waals surface area contributed by atoms with Crippen LogP contribution in [-0.2, 0) is 32.6 Å². The van der Waals surface area contributed by atoms with Crippen LogP contribution in [0.5, 0.6) is 0 Å². The molecule has 1 N–H and O–H groups in total. The van der Waals surface area contributed by atoms with Crippen molar-refractivity contribution in [3.05, 3.63) is 93.3 Å². The first-order valence-electron chi connectivity index (χ1n) is 18.5. The van der Waals surface area contributed by atoms with E-state index in [1.807, 2.05) is 50.2 Å². The second kappa shape index (κ2) is 17.0. The summed E-state index contributed by atoms with van der Waals surface area (Å²) in [4.78, 5) is 28.3. The van der Waals surface area contributed by atoms with Crippen molar-refractivity contribution in [3.8, 4) is 0 Å². The highest BCUT2D eigenvalue weighted by Crippen LogP contribution is 2.43. The lowest BCUT2D eigenvalue weighted by molar-refractivity contribution is -0.0731. The highest BCUT2D eigenvalue weighted by atomic mass is 32.2. The molecule has 2 aromatic carbocycles. The summed E-state index contributed by atoms with van der Waals surface area (Å²) in [6, 6.07) is 20.6. The Bertz CT molecular complexity index is 1830. The molecule has 1 fully saturated rings. The van der Waals surface area contributed by atoms with E-state index in [9.17, 15) is 18.0 Å². The Hall–Kier alpha value is -2.70. The van der Waals surface area contributed by atoms with Gasteiger partial charge in [-0.2, -0.15) is 8.42 Å². The van der Waals surface area contributed by atoms with Crippen LogP contribution in [0.4, 0.5) is 0 Å². The molecule has 0 bridgehead atoms. The van der Waals surface area contributed by atoms with Crippen molar-refractivity contribution in [1.82, 2.24) is 9.55 Å². The van der Waals surface area contributed by atoms with Gasteiger partial charge in [-0.05, 0) is 52.8 Å². The second-order valence-corrected chi connectivity index (χ2v) is 27.8. The standard InChI is InChI=1S/C39H60N2O9SSi2/c1-28(2)26-47-51(44,45)24-18-23-46-34-33(50-52(10,11)38(4,5)6)32(49-36(34)41-25-29(3)35(42)40-37(41)43)27-48-53(39(7,8)9,30-19-14-12-15-20-30)31-21-16-13-17-22-31/h12-17,19-22,25,28,32-34,36H,18,23-24,26-27H2,1-11H3,(H,40,42,43)/t32-,33-,34-,36-/m1/s1.